The minimum Gasteiger partial charge on any atom is -0.378 e. The Kier molecular flexibility index (Phi) is 4.24. The SMILES string of the molecule is CC(C)Cc1cc(Cl)nc(N2CCOCC2)c1. The number of halogens is 1. The van der Waals surface area contributed by atoms with E-state index in [1.165, 1.54) is 5.56 Å². The maximum Gasteiger partial charge on any atom is 0.131 e. The van der Waals surface area contributed by atoms with Gasteiger partial charge in [0.15, 0.2) is 0 Å². The first kappa shape index (κ1) is 12.7. The molecular weight excluding hydrogens is 236 g/mol. The molecule has 1 saturated heterocycles. The smallest absolute Gasteiger partial charge is 0.131 e. The second kappa shape index (κ2) is 5.69. The van der Waals surface area contributed by atoms with Crippen LogP contribution in [0.4, 0.5) is 5.82 Å². The summed E-state index contributed by atoms with van der Waals surface area (Å²) >= 11 is 6.08. The van der Waals surface area contributed by atoms with Gasteiger partial charge in [0.2, 0.25) is 0 Å². The average Bonchev–Trinajstić information content (AvgIpc) is 2.28. The third-order valence-electron chi connectivity index (χ3n) is 2.82. The number of morpholine rings is 1. The van der Waals surface area contributed by atoms with E-state index in [1.807, 2.05) is 6.07 Å². The molecule has 3 nitrogen and oxygen atoms in total. The van der Waals surface area contributed by atoms with Crippen molar-refractivity contribution in [2.75, 3.05) is 31.2 Å². The predicted octanol–water partition coefficient (Wildman–Crippen LogP) is 2.77. The lowest BCUT2D eigenvalue weighted by Gasteiger charge is -2.28. The van der Waals surface area contributed by atoms with Crippen molar-refractivity contribution in [3.05, 3.63) is 22.8 Å². The number of hydrogen-bond donors (Lipinski definition) is 0. The molecule has 4 heteroatoms. The normalized spacial score (nSPS) is 16.6. The van der Waals surface area contributed by atoms with Gasteiger partial charge >= 0.3 is 0 Å². The van der Waals surface area contributed by atoms with E-state index in [0.717, 1.165) is 38.5 Å². The molecule has 0 spiro atoms. The molecule has 17 heavy (non-hydrogen) atoms. The van der Waals surface area contributed by atoms with Crippen molar-refractivity contribution in [3.8, 4) is 0 Å². The highest BCUT2D eigenvalue weighted by molar-refractivity contribution is 6.29. The van der Waals surface area contributed by atoms with Crippen molar-refractivity contribution < 1.29 is 4.74 Å². The topological polar surface area (TPSA) is 25.4 Å². The summed E-state index contributed by atoms with van der Waals surface area (Å²) in [5, 5.41) is 0.588. The van der Waals surface area contributed by atoms with E-state index < -0.39 is 0 Å². The van der Waals surface area contributed by atoms with Crippen LogP contribution in [-0.2, 0) is 11.2 Å². The lowest BCUT2D eigenvalue weighted by Crippen LogP contribution is -2.36. The molecule has 0 radical (unpaired) electrons. The Hall–Kier alpha value is -0.800. The highest BCUT2D eigenvalue weighted by Gasteiger charge is 2.14. The number of ether oxygens (including phenoxy) is 1. The maximum absolute atomic E-state index is 6.08. The summed E-state index contributed by atoms with van der Waals surface area (Å²) in [5.74, 6) is 1.61. The second-order valence-corrected chi connectivity index (χ2v) is 5.24. The number of anilines is 1. The van der Waals surface area contributed by atoms with Gasteiger partial charge in [0.05, 0.1) is 13.2 Å². The molecule has 1 fully saturated rings. The van der Waals surface area contributed by atoms with Crippen molar-refractivity contribution in [1.82, 2.24) is 4.98 Å². The van der Waals surface area contributed by atoms with Crippen LogP contribution in [0, 0.1) is 5.92 Å². The molecule has 0 aliphatic carbocycles. The van der Waals surface area contributed by atoms with E-state index in [1.54, 1.807) is 0 Å². The van der Waals surface area contributed by atoms with Gasteiger partial charge in [0, 0.05) is 13.1 Å². The van der Waals surface area contributed by atoms with Crippen molar-refractivity contribution >= 4 is 17.4 Å². The van der Waals surface area contributed by atoms with Gasteiger partial charge < -0.3 is 9.64 Å². The van der Waals surface area contributed by atoms with E-state index in [-0.39, 0.29) is 0 Å². The first-order chi connectivity index (χ1) is 8.15. The van der Waals surface area contributed by atoms with Crippen LogP contribution in [0.2, 0.25) is 5.15 Å². The summed E-state index contributed by atoms with van der Waals surface area (Å²) in [6, 6.07) is 4.11. The van der Waals surface area contributed by atoms with Gasteiger partial charge in [-0.15, -0.1) is 0 Å². The Bertz CT molecular complexity index is 376. The molecule has 2 rings (SSSR count). The summed E-state index contributed by atoms with van der Waals surface area (Å²) in [4.78, 5) is 6.64. The van der Waals surface area contributed by atoms with Crippen LogP contribution >= 0.6 is 11.6 Å². The minimum atomic E-state index is 0.588. The van der Waals surface area contributed by atoms with E-state index in [4.69, 9.17) is 16.3 Å². The molecule has 0 amide bonds. The van der Waals surface area contributed by atoms with Gasteiger partial charge in [-0.1, -0.05) is 25.4 Å². The van der Waals surface area contributed by atoms with E-state index in [0.29, 0.717) is 11.1 Å². The molecular formula is C13H19ClN2O. The number of rotatable bonds is 3. The first-order valence-electron chi connectivity index (χ1n) is 6.14. The van der Waals surface area contributed by atoms with E-state index in [9.17, 15) is 0 Å². The third-order valence-corrected chi connectivity index (χ3v) is 3.01. The Morgan fingerprint density at radius 3 is 2.71 bits per heavy atom. The molecule has 1 aliphatic rings. The van der Waals surface area contributed by atoms with Crippen LogP contribution in [0.5, 0.6) is 0 Å². The van der Waals surface area contributed by atoms with Crippen LogP contribution in [0.25, 0.3) is 0 Å². The molecule has 0 atom stereocenters. The molecule has 1 aromatic heterocycles. The fourth-order valence-electron chi connectivity index (χ4n) is 2.08. The molecule has 0 N–H and O–H groups in total. The molecule has 0 bridgehead atoms. The highest BCUT2D eigenvalue weighted by Crippen LogP contribution is 2.21. The summed E-state index contributed by atoms with van der Waals surface area (Å²) in [7, 11) is 0. The van der Waals surface area contributed by atoms with Gasteiger partial charge in [-0.25, -0.2) is 4.98 Å². The minimum absolute atomic E-state index is 0.588. The Labute approximate surface area is 108 Å². The van der Waals surface area contributed by atoms with Gasteiger partial charge in [-0.2, -0.15) is 0 Å². The zero-order chi connectivity index (χ0) is 12.3. The van der Waals surface area contributed by atoms with Crippen LogP contribution in [0.3, 0.4) is 0 Å². The summed E-state index contributed by atoms with van der Waals surface area (Å²) in [5.41, 5.74) is 1.27. The van der Waals surface area contributed by atoms with Gasteiger partial charge in [-0.05, 0) is 30.0 Å². The van der Waals surface area contributed by atoms with Crippen molar-refractivity contribution in [2.45, 2.75) is 20.3 Å². The second-order valence-electron chi connectivity index (χ2n) is 4.85. The third kappa shape index (κ3) is 3.58. The lowest BCUT2D eigenvalue weighted by atomic mass is 10.0. The van der Waals surface area contributed by atoms with Crippen LogP contribution in [0.15, 0.2) is 12.1 Å². The van der Waals surface area contributed by atoms with Gasteiger partial charge in [-0.3, -0.25) is 0 Å². The predicted molar refractivity (Wildman–Crippen MR) is 70.8 cm³/mol. The highest BCUT2D eigenvalue weighted by atomic mass is 35.5. The van der Waals surface area contributed by atoms with Crippen LogP contribution in [-0.4, -0.2) is 31.3 Å². The summed E-state index contributed by atoms with van der Waals surface area (Å²) in [6.07, 6.45) is 1.04. The quantitative estimate of drug-likeness (QED) is 0.776. The average molecular weight is 255 g/mol. The van der Waals surface area contributed by atoms with Crippen molar-refractivity contribution in [3.63, 3.8) is 0 Å². The monoisotopic (exact) mass is 254 g/mol. The lowest BCUT2D eigenvalue weighted by molar-refractivity contribution is 0.122. The Morgan fingerprint density at radius 2 is 2.06 bits per heavy atom. The molecule has 0 unspecified atom stereocenters. The zero-order valence-electron chi connectivity index (χ0n) is 10.4. The first-order valence-corrected chi connectivity index (χ1v) is 6.52. The van der Waals surface area contributed by atoms with Crippen molar-refractivity contribution in [1.29, 1.82) is 0 Å². The molecule has 2 heterocycles. The number of pyridine rings is 1. The van der Waals surface area contributed by atoms with Crippen LogP contribution in [0.1, 0.15) is 19.4 Å². The maximum atomic E-state index is 6.08. The molecule has 0 aromatic carbocycles. The fourth-order valence-corrected chi connectivity index (χ4v) is 2.30. The van der Waals surface area contributed by atoms with E-state index in [2.05, 4.69) is 29.8 Å². The Morgan fingerprint density at radius 1 is 1.35 bits per heavy atom. The van der Waals surface area contributed by atoms with Gasteiger partial charge in [0.25, 0.3) is 0 Å². The fraction of sp³-hybridized carbons (Fsp3) is 0.615. The molecule has 1 aromatic rings. The summed E-state index contributed by atoms with van der Waals surface area (Å²) in [6.45, 7) is 7.76. The summed E-state index contributed by atoms with van der Waals surface area (Å²) < 4.78 is 5.34. The van der Waals surface area contributed by atoms with Crippen LogP contribution < -0.4 is 4.90 Å². The van der Waals surface area contributed by atoms with E-state index >= 15 is 0 Å². The largest absolute Gasteiger partial charge is 0.378 e. The molecule has 1 aliphatic heterocycles. The Balaban J connectivity index is 2.18. The number of nitrogens with zero attached hydrogens (tertiary/aromatic N) is 2. The standard InChI is InChI=1S/C13H19ClN2O/c1-10(2)7-11-8-12(14)15-13(9-11)16-3-5-17-6-4-16/h8-10H,3-7H2,1-2H3. The zero-order valence-corrected chi connectivity index (χ0v) is 11.2. The molecule has 94 valence electrons. The van der Waals surface area contributed by atoms with Gasteiger partial charge in [0.1, 0.15) is 11.0 Å². The number of hydrogen-bond acceptors (Lipinski definition) is 3. The van der Waals surface area contributed by atoms with Crippen molar-refractivity contribution in [2.24, 2.45) is 5.92 Å². The number of aromatic nitrogens is 1. The molecule has 0 saturated carbocycles.